The van der Waals surface area contributed by atoms with Crippen LogP contribution < -0.4 is 5.32 Å². The standard InChI is InChI=1S/C10H17NO3/c1-3-4-7-5-8(12)6-9(11-7)10(13)14-2/h7,9,11H,3-6H2,1-2H3/t7-,9-/m0/s1. The number of ketones is 1. The molecular weight excluding hydrogens is 182 g/mol. The average Bonchev–Trinajstić information content (AvgIpc) is 2.16. The van der Waals surface area contributed by atoms with Crippen molar-refractivity contribution in [2.45, 2.75) is 44.7 Å². The lowest BCUT2D eigenvalue weighted by molar-refractivity contribution is -0.146. The first-order chi connectivity index (χ1) is 6.67. The Balaban J connectivity index is 2.53. The van der Waals surface area contributed by atoms with Gasteiger partial charge in [-0.1, -0.05) is 13.3 Å². The van der Waals surface area contributed by atoms with Gasteiger partial charge in [0.25, 0.3) is 0 Å². The van der Waals surface area contributed by atoms with Crippen LogP contribution in [0.5, 0.6) is 0 Å². The molecule has 0 spiro atoms. The highest BCUT2D eigenvalue weighted by Gasteiger charge is 2.30. The van der Waals surface area contributed by atoms with Crippen molar-refractivity contribution in [1.29, 1.82) is 0 Å². The summed E-state index contributed by atoms with van der Waals surface area (Å²) in [5, 5.41) is 3.14. The van der Waals surface area contributed by atoms with Crippen LogP contribution in [0.4, 0.5) is 0 Å². The Labute approximate surface area is 84.0 Å². The Morgan fingerprint density at radius 2 is 2.29 bits per heavy atom. The van der Waals surface area contributed by atoms with Gasteiger partial charge < -0.3 is 10.1 Å². The third-order valence-corrected chi connectivity index (χ3v) is 2.47. The van der Waals surface area contributed by atoms with E-state index in [0.29, 0.717) is 6.42 Å². The van der Waals surface area contributed by atoms with Gasteiger partial charge in [0, 0.05) is 18.9 Å². The second-order valence-electron chi connectivity index (χ2n) is 3.67. The summed E-state index contributed by atoms with van der Waals surface area (Å²) in [5.41, 5.74) is 0. The van der Waals surface area contributed by atoms with E-state index < -0.39 is 6.04 Å². The summed E-state index contributed by atoms with van der Waals surface area (Å²) < 4.78 is 4.61. The molecule has 1 aliphatic rings. The fourth-order valence-corrected chi connectivity index (χ4v) is 1.82. The van der Waals surface area contributed by atoms with Crippen molar-refractivity contribution in [3.05, 3.63) is 0 Å². The zero-order valence-electron chi connectivity index (χ0n) is 8.71. The largest absolute Gasteiger partial charge is 0.468 e. The molecule has 1 rings (SSSR count). The molecule has 0 aromatic rings. The van der Waals surface area contributed by atoms with E-state index in [9.17, 15) is 9.59 Å². The molecular formula is C10H17NO3. The smallest absolute Gasteiger partial charge is 0.323 e. The predicted molar refractivity (Wildman–Crippen MR) is 51.9 cm³/mol. The lowest BCUT2D eigenvalue weighted by Crippen LogP contribution is -2.50. The predicted octanol–water partition coefficient (Wildman–Crippen LogP) is 0.649. The number of esters is 1. The first-order valence-corrected chi connectivity index (χ1v) is 5.03. The number of methoxy groups -OCH3 is 1. The van der Waals surface area contributed by atoms with Gasteiger partial charge in [0.15, 0.2) is 0 Å². The molecule has 0 aromatic carbocycles. The highest BCUT2D eigenvalue weighted by molar-refractivity contribution is 5.88. The Morgan fingerprint density at radius 1 is 1.57 bits per heavy atom. The summed E-state index contributed by atoms with van der Waals surface area (Å²) in [5.74, 6) is -0.184. The number of carbonyl (C=O) groups excluding carboxylic acids is 2. The maximum absolute atomic E-state index is 11.3. The molecule has 0 aromatic heterocycles. The van der Waals surface area contributed by atoms with Crippen LogP contribution in [-0.2, 0) is 14.3 Å². The van der Waals surface area contributed by atoms with Gasteiger partial charge in [-0.2, -0.15) is 0 Å². The van der Waals surface area contributed by atoms with Crippen LogP contribution in [0, 0.1) is 0 Å². The quantitative estimate of drug-likeness (QED) is 0.678. The molecule has 1 aliphatic heterocycles. The highest BCUT2D eigenvalue weighted by atomic mass is 16.5. The molecule has 4 heteroatoms. The fourth-order valence-electron chi connectivity index (χ4n) is 1.82. The van der Waals surface area contributed by atoms with Gasteiger partial charge in [-0.15, -0.1) is 0 Å². The highest BCUT2D eigenvalue weighted by Crippen LogP contribution is 2.14. The van der Waals surface area contributed by atoms with E-state index in [4.69, 9.17) is 0 Å². The van der Waals surface area contributed by atoms with E-state index in [1.165, 1.54) is 7.11 Å². The van der Waals surface area contributed by atoms with Gasteiger partial charge in [0.2, 0.25) is 0 Å². The summed E-state index contributed by atoms with van der Waals surface area (Å²) in [6, 6.07) is -0.289. The van der Waals surface area contributed by atoms with Crippen molar-refractivity contribution >= 4 is 11.8 Å². The van der Waals surface area contributed by atoms with Gasteiger partial charge in [0.1, 0.15) is 11.8 Å². The Morgan fingerprint density at radius 3 is 2.86 bits per heavy atom. The molecule has 0 radical (unpaired) electrons. The zero-order chi connectivity index (χ0) is 10.6. The number of nitrogens with one attached hydrogen (secondary N) is 1. The van der Waals surface area contributed by atoms with Crippen LogP contribution in [0.1, 0.15) is 32.6 Å². The third kappa shape index (κ3) is 2.80. The topological polar surface area (TPSA) is 55.4 Å². The molecule has 1 saturated heterocycles. The fraction of sp³-hybridized carbons (Fsp3) is 0.800. The normalized spacial score (nSPS) is 27.4. The zero-order valence-corrected chi connectivity index (χ0v) is 8.71. The van der Waals surface area contributed by atoms with E-state index in [1.54, 1.807) is 0 Å². The minimum atomic E-state index is -0.433. The molecule has 1 heterocycles. The molecule has 0 bridgehead atoms. The average molecular weight is 199 g/mol. The lowest BCUT2D eigenvalue weighted by atomic mass is 9.95. The van der Waals surface area contributed by atoms with Crippen LogP contribution in [0.15, 0.2) is 0 Å². The Hall–Kier alpha value is -0.900. The van der Waals surface area contributed by atoms with E-state index in [0.717, 1.165) is 12.8 Å². The van der Waals surface area contributed by atoms with Crippen molar-refractivity contribution in [2.24, 2.45) is 0 Å². The van der Waals surface area contributed by atoms with Crippen LogP contribution in [-0.4, -0.2) is 30.9 Å². The second-order valence-corrected chi connectivity index (χ2v) is 3.67. The maximum Gasteiger partial charge on any atom is 0.323 e. The van der Waals surface area contributed by atoms with E-state index in [2.05, 4.69) is 17.0 Å². The number of ether oxygens (including phenoxy) is 1. The summed E-state index contributed by atoms with van der Waals surface area (Å²) in [6.45, 7) is 2.06. The van der Waals surface area contributed by atoms with Gasteiger partial charge in [-0.25, -0.2) is 0 Å². The monoisotopic (exact) mass is 199 g/mol. The van der Waals surface area contributed by atoms with Crippen molar-refractivity contribution < 1.29 is 14.3 Å². The van der Waals surface area contributed by atoms with E-state index in [-0.39, 0.29) is 24.2 Å². The second kappa shape index (κ2) is 5.10. The molecule has 0 unspecified atom stereocenters. The van der Waals surface area contributed by atoms with Crippen molar-refractivity contribution in [2.75, 3.05) is 7.11 Å². The van der Waals surface area contributed by atoms with Crippen molar-refractivity contribution in [3.63, 3.8) is 0 Å². The van der Waals surface area contributed by atoms with Crippen LogP contribution in [0.25, 0.3) is 0 Å². The summed E-state index contributed by atoms with van der Waals surface area (Å²) in [4.78, 5) is 22.6. The lowest BCUT2D eigenvalue weighted by Gasteiger charge is -2.28. The van der Waals surface area contributed by atoms with Crippen molar-refractivity contribution in [3.8, 4) is 0 Å². The van der Waals surface area contributed by atoms with Gasteiger partial charge in [-0.3, -0.25) is 9.59 Å². The molecule has 1 N–H and O–H groups in total. The Kier molecular flexibility index (Phi) is 4.07. The summed E-state index contributed by atoms with van der Waals surface area (Å²) in [7, 11) is 1.35. The minimum absolute atomic E-state index is 0.144. The number of carbonyl (C=O) groups is 2. The third-order valence-electron chi connectivity index (χ3n) is 2.47. The maximum atomic E-state index is 11.3. The van der Waals surface area contributed by atoms with E-state index >= 15 is 0 Å². The van der Waals surface area contributed by atoms with Crippen LogP contribution >= 0.6 is 0 Å². The molecule has 14 heavy (non-hydrogen) atoms. The molecule has 2 atom stereocenters. The number of Topliss-reactive ketones (excluding diaryl/α,β-unsaturated/α-hetero) is 1. The number of rotatable bonds is 3. The molecule has 4 nitrogen and oxygen atoms in total. The van der Waals surface area contributed by atoms with Crippen molar-refractivity contribution in [1.82, 2.24) is 5.32 Å². The molecule has 0 amide bonds. The molecule has 80 valence electrons. The van der Waals surface area contributed by atoms with Crippen LogP contribution in [0.3, 0.4) is 0 Å². The minimum Gasteiger partial charge on any atom is -0.468 e. The molecule has 1 fully saturated rings. The van der Waals surface area contributed by atoms with Crippen LogP contribution in [0.2, 0.25) is 0 Å². The van der Waals surface area contributed by atoms with E-state index in [1.807, 2.05) is 0 Å². The first-order valence-electron chi connectivity index (χ1n) is 5.03. The number of hydrogen-bond donors (Lipinski definition) is 1. The summed E-state index contributed by atoms with van der Waals surface area (Å²) in [6.07, 6.45) is 2.76. The number of hydrogen-bond acceptors (Lipinski definition) is 4. The van der Waals surface area contributed by atoms with Gasteiger partial charge in [0.05, 0.1) is 7.11 Å². The molecule has 0 aliphatic carbocycles. The van der Waals surface area contributed by atoms with Gasteiger partial charge in [-0.05, 0) is 6.42 Å². The number of piperidine rings is 1. The SMILES string of the molecule is CCC[C@H]1CC(=O)C[C@@H](C(=O)OC)N1. The summed E-state index contributed by atoms with van der Waals surface area (Å²) >= 11 is 0. The Bertz CT molecular complexity index is 227. The molecule has 0 saturated carbocycles. The first kappa shape index (κ1) is 11.2. The van der Waals surface area contributed by atoms with Gasteiger partial charge >= 0.3 is 5.97 Å².